The summed E-state index contributed by atoms with van der Waals surface area (Å²) in [5.74, 6) is 1.77. The molecule has 0 aliphatic carbocycles. The highest BCUT2D eigenvalue weighted by atomic mass is 32.1. The van der Waals surface area contributed by atoms with Gasteiger partial charge in [-0.1, -0.05) is 12.1 Å². The molecule has 4 N–H and O–H groups in total. The number of nitrogens with two attached hydrogens (primary N) is 1. The molecule has 15 heteroatoms. The number of carbonyl (C=O) groups is 1. The van der Waals surface area contributed by atoms with Gasteiger partial charge in [0.15, 0.2) is 11.6 Å². The molecule has 10 rings (SSSR count). The highest BCUT2D eigenvalue weighted by Gasteiger charge is 2.40. The molecule has 0 unspecified atom stereocenters. The average Bonchev–Trinajstić information content (AvgIpc) is 3.86. The SMILES string of the molecule is Cc1cc(-c2ccc3c(n2)N(C(=O)NCCc2cccnc2)[C@H]2CCN3C2)ccn1.Cc1cc(-c2ccc3c(n2)N[C@H]2CCN3C2)ccn1.NCCc1cccnc1.S.S. The van der Waals surface area contributed by atoms with Crippen LogP contribution in [0.2, 0.25) is 0 Å². The second-order valence-corrected chi connectivity index (χ2v) is 15.1. The number of pyridine rings is 6. The zero-order chi connectivity index (χ0) is 39.8. The number of hydrogen-bond donors (Lipinski definition) is 3. The van der Waals surface area contributed by atoms with Crippen LogP contribution in [0.1, 0.15) is 35.4 Å². The van der Waals surface area contributed by atoms with Crippen molar-refractivity contribution in [3.8, 4) is 22.5 Å². The second kappa shape index (κ2) is 20.5. The number of hydrogen-bond acceptors (Lipinski definition) is 11. The molecule has 13 nitrogen and oxygen atoms in total. The zero-order valence-electron chi connectivity index (χ0n) is 34.1. The van der Waals surface area contributed by atoms with E-state index in [-0.39, 0.29) is 39.1 Å². The number of aromatic nitrogens is 6. The maximum atomic E-state index is 13.2. The van der Waals surface area contributed by atoms with Crippen molar-refractivity contribution in [3.05, 3.63) is 132 Å². The third kappa shape index (κ3) is 10.3. The maximum Gasteiger partial charge on any atom is 0.323 e. The lowest BCUT2D eigenvalue weighted by molar-refractivity contribution is 0.244. The molecular formula is C45H54N12OS2. The lowest BCUT2D eigenvalue weighted by Crippen LogP contribution is -2.51. The van der Waals surface area contributed by atoms with Gasteiger partial charge in [-0.3, -0.25) is 24.8 Å². The minimum atomic E-state index is -0.0813. The van der Waals surface area contributed by atoms with E-state index in [1.807, 2.05) is 85.9 Å². The van der Waals surface area contributed by atoms with Crippen LogP contribution in [0.25, 0.3) is 22.5 Å². The van der Waals surface area contributed by atoms with Crippen molar-refractivity contribution < 1.29 is 4.79 Å². The van der Waals surface area contributed by atoms with Crippen LogP contribution in [0.4, 0.5) is 27.8 Å². The summed E-state index contributed by atoms with van der Waals surface area (Å²) in [6, 6.07) is 25.0. The first-order chi connectivity index (χ1) is 28.4. The van der Waals surface area contributed by atoms with Crippen LogP contribution in [0, 0.1) is 13.8 Å². The Hall–Kier alpha value is -5.77. The predicted octanol–water partition coefficient (Wildman–Crippen LogP) is 6.46. The summed E-state index contributed by atoms with van der Waals surface area (Å²) in [7, 11) is 0. The molecule has 0 radical (unpaired) electrons. The van der Waals surface area contributed by atoms with Gasteiger partial charge in [0.1, 0.15) is 0 Å². The van der Waals surface area contributed by atoms with E-state index in [2.05, 4.69) is 64.6 Å². The fraction of sp³-hybridized carbons (Fsp3) is 0.311. The van der Waals surface area contributed by atoms with E-state index >= 15 is 0 Å². The lowest BCUT2D eigenvalue weighted by Gasteiger charge is -2.36. The molecule has 0 spiro atoms. The van der Waals surface area contributed by atoms with E-state index in [0.29, 0.717) is 19.1 Å². The van der Waals surface area contributed by atoms with Crippen LogP contribution in [0.5, 0.6) is 0 Å². The van der Waals surface area contributed by atoms with Crippen LogP contribution in [0.15, 0.2) is 110 Å². The second-order valence-electron chi connectivity index (χ2n) is 15.1. The first kappa shape index (κ1) is 43.8. The van der Waals surface area contributed by atoms with E-state index < -0.39 is 0 Å². The summed E-state index contributed by atoms with van der Waals surface area (Å²) in [6.07, 6.45) is 14.7. The molecule has 4 aliphatic rings. The van der Waals surface area contributed by atoms with Gasteiger partial charge in [-0.25, -0.2) is 14.8 Å². The normalized spacial score (nSPS) is 16.3. The van der Waals surface area contributed by atoms with Gasteiger partial charge in [0.2, 0.25) is 0 Å². The number of carbonyl (C=O) groups excluding carboxylic acids is 1. The average molecular weight is 843 g/mol. The standard InChI is InChI=1S/C23H24N6O.C15H16N4.C7H10N2.2H2S/c1-16-13-18(7-11-25-16)20-4-5-21-22(27-20)29(19-8-12-28(21)15-19)23(30)26-10-6-17-3-2-9-24-14-17;1-10-8-11(4-6-16-10)13-2-3-14-15(18-13)17-12-5-7-19(14)9-12;8-4-3-7-2-1-5-9-6-7;;/h2-5,7,9,11,13-14,19H,6,8,10,12,15H2,1H3,(H,26,30);2-4,6,8,12H,5,7,9H2,1H3,(H,17,18);1-2,5-6H,3-4,8H2;2*1H2/t19-;12-;;;/m00.../s1. The van der Waals surface area contributed by atoms with Gasteiger partial charge in [0.05, 0.1) is 28.8 Å². The van der Waals surface area contributed by atoms with Crippen molar-refractivity contribution in [2.24, 2.45) is 5.73 Å². The molecule has 4 aliphatic heterocycles. The maximum absolute atomic E-state index is 13.2. The summed E-state index contributed by atoms with van der Waals surface area (Å²) in [4.78, 5) is 46.1. The third-order valence-corrected chi connectivity index (χ3v) is 10.9. The number of urea groups is 1. The van der Waals surface area contributed by atoms with E-state index in [4.69, 9.17) is 15.7 Å². The first-order valence-corrected chi connectivity index (χ1v) is 20.1. The van der Waals surface area contributed by atoms with Gasteiger partial charge in [0.25, 0.3) is 0 Å². The minimum absolute atomic E-state index is 0. The molecule has 6 aromatic rings. The highest BCUT2D eigenvalue weighted by molar-refractivity contribution is 7.59. The molecule has 312 valence electrons. The Morgan fingerprint density at radius 1 is 0.750 bits per heavy atom. The van der Waals surface area contributed by atoms with E-state index in [0.717, 1.165) is 102 Å². The van der Waals surface area contributed by atoms with Crippen molar-refractivity contribution in [2.45, 2.75) is 51.6 Å². The fourth-order valence-electron chi connectivity index (χ4n) is 7.96. The first-order valence-electron chi connectivity index (χ1n) is 20.1. The summed E-state index contributed by atoms with van der Waals surface area (Å²) < 4.78 is 0. The number of rotatable bonds is 7. The van der Waals surface area contributed by atoms with Gasteiger partial charge < -0.3 is 26.2 Å². The summed E-state index contributed by atoms with van der Waals surface area (Å²) in [6.45, 7) is 9.30. The Bertz CT molecular complexity index is 2340. The highest BCUT2D eigenvalue weighted by Crippen LogP contribution is 2.40. The molecule has 2 saturated heterocycles. The van der Waals surface area contributed by atoms with Gasteiger partial charge >= 0.3 is 6.03 Å². The van der Waals surface area contributed by atoms with Crippen molar-refractivity contribution in [1.29, 1.82) is 0 Å². The molecule has 0 aromatic carbocycles. The monoisotopic (exact) mass is 842 g/mol. The number of nitrogens with zero attached hydrogens (tertiary/aromatic N) is 9. The summed E-state index contributed by atoms with van der Waals surface area (Å²) in [5, 5.41) is 6.63. The Balaban J connectivity index is 0.000000171. The van der Waals surface area contributed by atoms with E-state index in [9.17, 15) is 4.79 Å². The van der Waals surface area contributed by atoms with Crippen molar-refractivity contribution in [1.82, 2.24) is 35.2 Å². The summed E-state index contributed by atoms with van der Waals surface area (Å²) in [5.41, 5.74) is 15.9. The molecule has 0 saturated carbocycles. The molecule has 2 amide bonds. The Labute approximate surface area is 366 Å². The Morgan fingerprint density at radius 3 is 2.00 bits per heavy atom. The predicted molar refractivity (Wildman–Crippen MR) is 251 cm³/mol. The number of nitrogens with one attached hydrogen (secondary N) is 2. The smallest absolute Gasteiger partial charge is 0.323 e. The Morgan fingerprint density at radius 2 is 1.37 bits per heavy atom. The molecule has 6 aromatic heterocycles. The number of fused-ring (bicyclic) bond motifs is 8. The molecule has 4 bridgehead atoms. The number of anilines is 4. The van der Waals surface area contributed by atoms with Crippen LogP contribution in [-0.2, 0) is 12.8 Å². The Kier molecular flexibility index (Phi) is 14.9. The molecule has 2 fully saturated rings. The van der Waals surface area contributed by atoms with Gasteiger partial charge in [-0.2, -0.15) is 27.0 Å². The van der Waals surface area contributed by atoms with Crippen LogP contribution >= 0.6 is 27.0 Å². The quantitative estimate of drug-likeness (QED) is 0.162. The number of aryl methyl sites for hydroxylation is 2. The van der Waals surface area contributed by atoms with E-state index in [1.54, 1.807) is 18.6 Å². The molecule has 60 heavy (non-hydrogen) atoms. The summed E-state index contributed by atoms with van der Waals surface area (Å²) >= 11 is 0. The third-order valence-electron chi connectivity index (χ3n) is 10.9. The molecular weight excluding hydrogens is 789 g/mol. The fourth-order valence-corrected chi connectivity index (χ4v) is 7.96. The number of amides is 2. The van der Waals surface area contributed by atoms with Gasteiger partial charge in [0, 0.05) is 98.5 Å². The van der Waals surface area contributed by atoms with Crippen molar-refractivity contribution >= 4 is 56.0 Å². The van der Waals surface area contributed by atoms with Gasteiger partial charge in [-0.05, 0) is 118 Å². The van der Waals surface area contributed by atoms with Crippen LogP contribution in [-0.4, -0.2) is 87.3 Å². The van der Waals surface area contributed by atoms with Gasteiger partial charge in [-0.15, -0.1) is 0 Å². The van der Waals surface area contributed by atoms with Crippen molar-refractivity contribution in [2.75, 3.05) is 59.3 Å². The zero-order valence-corrected chi connectivity index (χ0v) is 36.1. The lowest BCUT2D eigenvalue weighted by atomic mass is 10.1. The van der Waals surface area contributed by atoms with Crippen LogP contribution in [0.3, 0.4) is 0 Å². The molecule has 10 heterocycles. The van der Waals surface area contributed by atoms with Crippen LogP contribution < -0.4 is 31.1 Å². The topological polar surface area (TPSA) is 154 Å². The largest absolute Gasteiger partial charge is 0.366 e. The molecule has 2 atom stereocenters. The minimum Gasteiger partial charge on any atom is -0.366 e. The van der Waals surface area contributed by atoms with Crippen molar-refractivity contribution in [3.63, 3.8) is 0 Å². The van der Waals surface area contributed by atoms with E-state index in [1.165, 1.54) is 17.7 Å².